The second kappa shape index (κ2) is 15.3. The van der Waals surface area contributed by atoms with E-state index in [4.69, 9.17) is 0 Å². The van der Waals surface area contributed by atoms with Crippen molar-refractivity contribution in [2.24, 2.45) is 0 Å². The van der Waals surface area contributed by atoms with Crippen molar-refractivity contribution in [2.75, 3.05) is 0 Å². The molecule has 292 valence electrons. The van der Waals surface area contributed by atoms with Gasteiger partial charge in [0.25, 0.3) is 0 Å². The van der Waals surface area contributed by atoms with Crippen molar-refractivity contribution < 1.29 is 21.3 Å². The molecule has 0 nitrogen and oxygen atoms in total. The van der Waals surface area contributed by atoms with E-state index in [1.165, 1.54) is 66.8 Å². The van der Waals surface area contributed by atoms with Gasteiger partial charge in [0, 0.05) is 0 Å². The molecule has 0 atom stereocenters. The number of benzene rings is 6. The summed E-state index contributed by atoms with van der Waals surface area (Å²) in [6.45, 7) is 24.5. The Bertz CT molecular complexity index is 2360. The van der Waals surface area contributed by atoms with Crippen molar-refractivity contribution >= 4 is 3.21 Å². The van der Waals surface area contributed by atoms with Crippen LogP contribution in [0.1, 0.15) is 106 Å². The van der Waals surface area contributed by atoms with Crippen LogP contribution < -0.4 is 0 Å². The van der Waals surface area contributed by atoms with Gasteiger partial charge in [0.05, 0.1) is 0 Å². The molecule has 0 aliphatic heterocycles. The Hall–Kier alpha value is -4.45. The average molecular weight is 836 g/mol. The first kappa shape index (κ1) is 40.3. The molecule has 6 aromatic rings. The summed E-state index contributed by atoms with van der Waals surface area (Å²) in [4.78, 5) is 0. The van der Waals surface area contributed by atoms with Crippen LogP contribution in [0.5, 0.6) is 0 Å². The first-order chi connectivity index (χ1) is 27.6. The number of hydrogen-bond donors (Lipinski definition) is 0. The molecule has 0 unspecified atom stereocenters. The molecule has 0 radical (unpaired) electrons. The Morgan fingerprint density at radius 1 is 0.414 bits per heavy atom. The molecule has 0 fully saturated rings. The van der Waals surface area contributed by atoms with Gasteiger partial charge in [-0.25, -0.2) is 0 Å². The Morgan fingerprint density at radius 3 is 1.10 bits per heavy atom. The molecular weight excluding hydrogens is 776 g/mol. The zero-order valence-corrected chi connectivity index (χ0v) is 38.8. The van der Waals surface area contributed by atoms with Crippen LogP contribution in [0.15, 0.2) is 170 Å². The maximum atomic E-state index is 2.67. The van der Waals surface area contributed by atoms with Gasteiger partial charge in [0.2, 0.25) is 0 Å². The summed E-state index contributed by atoms with van der Waals surface area (Å²) in [6.07, 6.45) is 9.80. The van der Waals surface area contributed by atoms with Gasteiger partial charge in [-0.15, -0.1) is 0 Å². The van der Waals surface area contributed by atoms with Gasteiger partial charge in [-0.2, -0.15) is 0 Å². The SMILES string of the molecule is CC(C)(C)c1cc2c(cc1-c1ccccc1)[CH]([Zr](=[C](C(C)(C)c1ccccc1)C(C)(C)c1ccccc1)[CH]1C=CC=C1)c1cc(-c3ccccc3)c(C(C)(C)C)cc1-2. The third-order valence-electron chi connectivity index (χ3n) is 13.0. The summed E-state index contributed by atoms with van der Waals surface area (Å²) in [6, 6.07) is 55.8. The minimum atomic E-state index is -3.06. The Kier molecular flexibility index (Phi) is 10.6. The van der Waals surface area contributed by atoms with E-state index in [9.17, 15) is 0 Å². The first-order valence-corrected chi connectivity index (χ1v) is 25.3. The molecule has 0 saturated carbocycles. The molecule has 58 heavy (non-hydrogen) atoms. The predicted molar refractivity (Wildman–Crippen MR) is 248 cm³/mol. The molecule has 8 rings (SSSR count). The quantitative estimate of drug-likeness (QED) is 0.143. The minimum absolute atomic E-state index is 0.0459. The fraction of sp³-hybridized carbons (Fsp3) is 0.281. The van der Waals surface area contributed by atoms with Gasteiger partial charge in [-0.1, -0.05) is 0 Å². The molecule has 0 aromatic heterocycles. The van der Waals surface area contributed by atoms with Crippen molar-refractivity contribution in [2.45, 2.75) is 98.1 Å². The van der Waals surface area contributed by atoms with Gasteiger partial charge < -0.3 is 0 Å². The normalized spacial score (nSPS) is 14.4. The van der Waals surface area contributed by atoms with Crippen LogP contribution in [0.3, 0.4) is 0 Å². The topological polar surface area (TPSA) is 0 Å². The van der Waals surface area contributed by atoms with Gasteiger partial charge in [0.1, 0.15) is 0 Å². The molecule has 0 N–H and O–H groups in total. The number of fused-ring (bicyclic) bond motifs is 3. The van der Waals surface area contributed by atoms with Gasteiger partial charge in [0.15, 0.2) is 0 Å². The predicted octanol–water partition coefficient (Wildman–Crippen LogP) is 15.3. The second-order valence-corrected chi connectivity index (χ2v) is 26.3. The number of hydrogen-bond acceptors (Lipinski definition) is 0. The summed E-state index contributed by atoms with van der Waals surface area (Å²) in [7, 11) is 0. The van der Waals surface area contributed by atoms with Gasteiger partial charge >= 0.3 is 359 Å². The zero-order valence-electron chi connectivity index (χ0n) is 36.3. The molecule has 1 heteroatoms. The van der Waals surface area contributed by atoms with E-state index in [0.29, 0.717) is 7.25 Å². The zero-order chi connectivity index (χ0) is 41.0. The molecule has 0 spiro atoms. The fourth-order valence-corrected chi connectivity index (χ4v) is 21.4. The number of allylic oxidation sites excluding steroid dienone is 4. The van der Waals surface area contributed by atoms with Gasteiger partial charge in [-0.05, 0) is 0 Å². The molecule has 2 aliphatic rings. The monoisotopic (exact) mass is 834 g/mol. The standard InChI is InChI=1S/C33H33.C19H22.C5H5.Zr/c1-32(2,3)30-20-26-24(18-28(30)22-13-9-7-10-14-22)17-25-19-29(23-15-11-8-12-16-23)31(21-27(25)26)33(4,5)6;1-18(2,16-11-7-5-8-12-16)15-19(3,4)17-13-9-6-10-14-17;1-2-4-5-3-1;/h7-21H,1-6H3;5-14H,1-4H3;1-5H;. The van der Waals surface area contributed by atoms with Crippen LogP contribution >= 0.6 is 0 Å². The molecule has 0 bridgehead atoms. The average Bonchev–Trinajstić information content (AvgIpc) is 3.86. The van der Waals surface area contributed by atoms with Crippen molar-refractivity contribution in [3.8, 4) is 33.4 Å². The molecule has 2 aliphatic carbocycles. The van der Waals surface area contributed by atoms with Crippen molar-refractivity contribution in [1.82, 2.24) is 0 Å². The summed E-state index contributed by atoms with van der Waals surface area (Å²) >= 11 is -3.06. The van der Waals surface area contributed by atoms with Crippen LogP contribution in [0.2, 0.25) is 3.63 Å². The van der Waals surface area contributed by atoms with Crippen LogP contribution in [-0.4, -0.2) is 3.21 Å². The third kappa shape index (κ3) is 7.28. The van der Waals surface area contributed by atoms with Crippen LogP contribution in [-0.2, 0) is 42.9 Å². The Labute approximate surface area is 357 Å². The third-order valence-corrected chi connectivity index (χ3v) is 23.3. The van der Waals surface area contributed by atoms with Crippen LogP contribution in [0, 0.1) is 0 Å². The maximum absolute atomic E-state index is 3.06. The summed E-state index contributed by atoms with van der Waals surface area (Å²) in [5, 5.41) is 0. The molecule has 6 aromatic carbocycles. The van der Waals surface area contributed by atoms with E-state index in [1.54, 1.807) is 3.21 Å². The van der Waals surface area contributed by atoms with Crippen molar-refractivity contribution in [3.63, 3.8) is 0 Å². The molecule has 0 heterocycles. The van der Waals surface area contributed by atoms with E-state index in [-0.39, 0.29) is 21.7 Å². The van der Waals surface area contributed by atoms with E-state index in [2.05, 4.69) is 239 Å². The van der Waals surface area contributed by atoms with Gasteiger partial charge in [-0.3, -0.25) is 0 Å². The first-order valence-electron chi connectivity index (χ1n) is 21.3. The second-order valence-electron chi connectivity index (χ2n) is 19.7. The Morgan fingerprint density at radius 2 is 0.759 bits per heavy atom. The van der Waals surface area contributed by atoms with E-state index in [0.717, 1.165) is 0 Å². The fourth-order valence-electron chi connectivity index (χ4n) is 10.3. The Balaban J connectivity index is 1.57. The van der Waals surface area contributed by atoms with Crippen LogP contribution in [0.25, 0.3) is 33.4 Å². The van der Waals surface area contributed by atoms with Crippen LogP contribution in [0.4, 0.5) is 0 Å². The van der Waals surface area contributed by atoms with Crippen molar-refractivity contribution in [3.05, 3.63) is 203 Å². The van der Waals surface area contributed by atoms with E-state index < -0.39 is 21.3 Å². The van der Waals surface area contributed by atoms with E-state index in [1.807, 2.05) is 0 Å². The number of rotatable bonds is 8. The summed E-state index contributed by atoms with van der Waals surface area (Å²) in [5.41, 5.74) is 16.4. The molecule has 0 amide bonds. The molecule has 0 saturated heterocycles. The van der Waals surface area contributed by atoms with Crippen molar-refractivity contribution in [1.29, 1.82) is 0 Å². The van der Waals surface area contributed by atoms with E-state index >= 15 is 0 Å². The summed E-state index contributed by atoms with van der Waals surface area (Å²) < 4.78 is 2.45. The molecular formula is C57H60Zr. The summed E-state index contributed by atoms with van der Waals surface area (Å²) in [5.74, 6) is 0.